The molecule has 0 radical (unpaired) electrons. The summed E-state index contributed by atoms with van der Waals surface area (Å²) in [6.07, 6.45) is 0. The van der Waals surface area contributed by atoms with Crippen LogP contribution in [0.1, 0.15) is 99.9 Å². The van der Waals surface area contributed by atoms with Crippen LogP contribution in [0.3, 0.4) is 0 Å². The largest absolute Gasteiger partial charge is 0.0619 e. The van der Waals surface area contributed by atoms with Gasteiger partial charge in [-0.2, -0.15) is 0 Å². The van der Waals surface area contributed by atoms with E-state index in [1.54, 1.807) is 0 Å². The van der Waals surface area contributed by atoms with Crippen molar-refractivity contribution in [2.45, 2.75) is 77.0 Å². The minimum Gasteiger partial charge on any atom is -0.0619 e. The molecule has 4 aliphatic carbocycles. The number of fused-ring (bicyclic) bond motifs is 20. The Morgan fingerprint density at radius 3 is 0.781 bits per heavy atom. The van der Waals surface area contributed by atoms with E-state index in [0.717, 1.165) is 0 Å². The maximum Gasteiger partial charge on any atom is 0.0159 e. The van der Waals surface area contributed by atoms with Crippen molar-refractivity contribution in [1.82, 2.24) is 0 Å². The Balaban J connectivity index is 0.000000139. The molecule has 26 rings (SSSR count). The second-order valence-corrected chi connectivity index (χ2v) is 38.4. The van der Waals surface area contributed by atoms with E-state index < -0.39 is 0 Å². The van der Waals surface area contributed by atoms with Gasteiger partial charge in [0.15, 0.2) is 0 Å². The van der Waals surface area contributed by atoms with Crippen LogP contribution in [-0.2, 0) is 21.7 Å². The summed E-state index contributed by atoms with van der Waals surface area (Å²) in [6.45, 7) is 19.1. The van der Waals surface area contributed by atoms with Crippen LogP contribution in [0, 0.1) is 0 Å². The van der Waals surface area contributed by atoms with E-state index in [9.17, 15) is 0 Å². The van der Waals surface area contributed by atoms with Gasteiger partial charge in [0, 0.05) is 21.7 Å². The summed E-state index contributed by atoms with van der Waals surface area (Å²) in [4.78, 5) is 0. The molecule has 0 bridgehead atoms. The molecule has 0 saturated heterocycles. The Hall–Kier alpha value is -15.1. The normalized spacial score (nSPS) is 14.2. The van der Waals surface area contributed by atoms with Crippen LogP contribution < -0.4 is 0 Å². The lowest BCUT2D eigenvalue weighted by Crippen LogP contribution is -2.15. The van der Waals surface area contributed by atoms with Crippen LogP contribution >= 0.6 is 0 Å². The molecule has 0 fully saturated rings. The second-order valence-electron chi connectivity index (χ2n) is 38.4. The number of hydrogen-bond donors (Lipinski definition) is 0. The smallest absolute Gasteiger partial charge is 0.0159 e. The van der Waals surface area contributed by atoms with Crippen molar-refractivity contribution in [2.24, 2.45) is 0 Å². The van der Waals surface area contributed by atoms with Gasteiger partial charge in [-0.15, -0.1) is 0 Å². The van der Waals surface area contributed by atoms with E-state index in [1.807, 2.05) is 0 Å². The molecule has 0 unspecified atom stereocenters. The van der Waals surface area contributed by atoms with E-state index in [4.69, 9.17) is 0 Å². The summed E-state index contributed by atoms with van der Waals surface area (Å²) in [5, 5.41) is 20.3. The lowest BCUT2D eigenvalue weighted by molar-refractivity contribution is 0.660. The van der Waals surface area contributed by atoms with Gasteiger partial charge >= 0.3 is 0 Å². The van der Waals surface area contributed by atoms with Crippen molar-refractivity contribution in [3.63, 3.8) is 0 Å². The first-order valence-electron chi connectivity index (χ1n) is 45.5. The zero-order valence-corrected chi connectivity index (χ0v) is 73.3. The highest BCUT2D eigenvalue weighted by Gasteiger charge is 2.41. The Morgan fingerprint density at radius 2 is 0.359 bits per heavy atom. The monoisotopic (exact) mass is 1630 g/mol. The Morgan fingerprint density at radius 1 is 0.117 bits per heavy atom. The zero-order chi connectivity index (χ0) is 85.8. The van der Waals surface area contributed by atoms with Gasteiger partial charge in [0.25, 0.3) is 0 Å². The summed E-state index contributed by atoms with van der Waals surface area (Å²) in [5.41, 5.74) is 41.5. The Bertz CT molecular complexity index is 8540. The first-order chi connectivity index (χ1) is 62.5. The first-order valence-corrected chi connectivity index (χ1v) is 45.5. The van der Waals surface area contributed by atoms with Crippen molar-refractivity contribution >= 4 is 86.2 Å². The zero-order valence-electron chi connectivity index (χ0n) is 73.3. The highest BCUT2D eigenvalue weighted by Crippen LogP contribution is 2.59. The van der Waals surface area contributed by atoms with Gasteiger partial charge in [0.1, 0.15) is 0 Å². The highest BCUT2D eigenvalue weighted by atomic mass is 14.4. The van der Waals surface area contributed by atoms with E-state index >= 15 is 0 Å². The first kappa shape index (κ1) is 75.4. The molecule has 604 valence electrons. The van der Waals surface area contributed by atoms with E-state index in [-0.39, 0.29) is 21.7 Å². The molecule has 0 N–H and O–H groups in total. The van der Waals surface area contributed by atoms with Crippen LogP contribution in [0.25, 0.3) is 220 Å². The fourth-order valence-electron chi connectivity index (χ4n) is 23.6. The molecule has 128 heavy (non-hydrogen) atoms. The summed E-state index contributed by atoms with van der Waals surface area (Å²) >= 11 is 0. The number of rotatable bonds is 8. The fourth-order valence-corrected chi connectivity index (χ4v) is 23.6. The summed E-state index contributed by atoms with van der Waals surface area (Å²) in [7, 11) is 0. The topological polar surface area (TPSA) is 0 Å². The van der Waals surface area contributed by atoms with Gasteiger partial charge in [0.2, 0.25) is 0 Å². The molecule has 0 spiro atoms. The quantitative estimate of drug-likeness (QED) is 0.133. The minimum absolute atomic E-state index is 0.0566. The number of hydrogen-bond acceptors (Lipinski definition) is 0. The van der Waals surface area contributed by atoms with Gasteiger partial charge in [0.05, 0.1) is 0 Å². The maximum atomic E-state index is 2.51. The van der Waals surface area contributed by atoms with Crippen molar-refractivity contribution in [2.75, 3.05) is 0 Å². The molecule has 0 atom stereocenters. The molecule has 0 aromatic heterocycles. The van der Waals surface area contributed by atoms with Crippen LogP contribution in [0.5, 0.6) is 0 Å². The Labute approximate surface area is 748 Å². The summed E-state index contributed by atoms with van der Waals surface area (Å²) in [6, 6.07) is 156. The SMILES string of the molecule is CC1(C)c2ccccc2-c2cc(-c3c4ccccc4c(-c4ccc5c(c4)C(C)(C)c4cc(-c6ccc7ccccc7c6)ccc4-5)c4ccc(-c5cccc6ccccc56)cc34)ccc21.CC1(C)c2ccccc2-c2cc(-c3c4ccccc4c(-c4ccc5c(c4)C(C)(C)c4cc(-c6cccc7ccccc67)ccc4-5)c4ccc(-c5cccc6ccccc56)cc34)ccc21. The van der Waals surface area contributed by atoms with Crippen LogP contribution in [-0.4, -0.2) is 0 Å². The summed E-state index contributed by atoms with van der Waals surface area (Å²) < 4.78 is 0. The van der Waals surface area contributed by atoms with Crippen molar-refractivity contribution in [3.05, 3.63) is 457 Å². The summed E-state index contributed by atoms with van der Waals surface area (Å²) in [5.74, 6) is 0. The molecule has 0 heterocycles. The third-order valence-electron chi connectivity index (χ3n) is 30.1. The van der Waals surface area contributed by atoms with Crippen molar-refractivity contribution < 1.29 is 0 Å². The molecule has 0 amide bonds. The van der Waals surface area contributed by atoms with Gasteiger partial charge in [-0.3, -0.25) is 0 Å². The lowest BCUT2D eigenvalue weighted by Gasteiger charge is -2.24. The average Bonchev–Trinajstić information content (AvgIpc) is 0.868. The second kappa shape index (κ2) is 28.2. The van der Waals surface area contributed by atoms with Gasteiger partial charge in [-0.1, -0.05) is 413 Å². The molecule has 0 saturated carbocycles. The molecule has 0 heteroatoms. The van der Waals surface area contributed by atoms with Gasteiger partial charge in [-0.05, 0) is 319 Å². The van der Waals surface area contributed by atoms with Crippen LogP contribution in [0.15, 0.2) is 413 Å². The third kappa shape index (κ3) is 11.3. The molecule has 22 aromatic rings. The molecule has 22 aromatic carbocycles. The van der Waals surface area contributed by atoms with E-state index in [2.05, 4.69) is 468 Å². The maximum absolute atomic E-state index is 2.51. The molecular weight excluding hydrogens is 1540 g/mol. The molecular formula is C128H92. The highest BCUT2D eigenvalue weighted by molar-refractivity contribution is 6.25. The number of benzene rings is 22. The predicted molar refractivity (Wildman–Crippen MR) is 547 cm³/mol. The minimum atomic E-state index is -0.192. The predicted octanol–water partition coefficient (Wildman–Crippen LogP) is 35.2. The third-order valence-corrected chi connectivity index (χ3v) is 30.1. The van der Waals surface area contributed by atoms with E-state index in [1.165, 1.54) is 264 Å². The molecule has 4 aliphatic rings. The van der Waals surface area contributed by atoms with Gasteiger partial charge in [-0.25, -0.2) is 0 Å². The fraction of sp³-hybridized carbons (Fsp3) is 0.0938. The van der Waals surface area contributed by atoms with E-state index in [0.29, 0.717) is 0 Å². The lowest BCUT2D eigenvalue weighted by atomic mass is 9.79. The van der Waals surface area contributed by atoms with Crippen molar-refractivity contribution in [1.29, 1.82) is 0 Å². The van der Waals surface area contributed by atoms with Crippen molar-refractivity contribution in [3.8, 4) is 134 Å². The standard InChI is InChI=1S/2C64H46/c1-63(2)57-26-12-11-21-49(57)55-36-43(30-34-58(55)63)62-53-23-10-9-22-52(53)61(54-33-28-41(35-56(54)62)47-24-13-17-39-15-5-7-19-45(39)47)44-29-32-51-50-31-27-42(37-59(50)64(3,4)60(51)38-44)48-25-14-18-40-16-6-8-20-46(40)48;1-63(2)57-23-12-11-19-49(57)55-36-45(29-33-58(55)63)62-53-21-10-9-20-52(53)61(54-32-27-44(35-56(54)62)48-22-13-17-40-15-7-8-18-47(40)48)46-28-31-51-50-30-26-43(37-59(50)64(3,4)60(51)38-46)42-25-24-39-14-5-6-16-41(39)34-42/h2*5-38H,1-4H3. The van der Waals surface area contributed by atoms with Gasteiger partial charge < -0.3 is 0 Å². The average molecular weight is 1630 g/mol. The van der Waals surface area contributed by atoms with Crippen LogP contribution in [0.2, 0.25) is 0 Å². The Kier molecular flexibility index (Phi) is 16.6. The molecule has 0 aliphatic heterocycles. The van der Waals surface area contributed by atoms with Crippen LogP contribution in [0.4, 0.5) is 0 Å². The molecule has 0 nitrogen and oxygen atoms in total.